The molecule has 7 heterocycles. The van der Waals surface area contributed by atoms with Gasteiger partial charge < -0.3 is 18.3 Å². The van der Waals surface area contributed by atoms with Crippen molar-refractivity contribution in [2.75, 3.05) is 0 Å². The van der Waals surface area contributed by atoms with Crippen LogP contribution in [-0.4, -0.2) is 53.2 Å². The fraction of sp³-hybridized carbons (Fsp3) is 0. The molecule has 0 atom stereocenters. The summed E-state index contributed by atoms with van der Waals surface area (Å²) in [6.07, 6.45) is 7.68. The molecular weight excluding hydrogens is 1080 g/mol. The smallest absolute Gasteiger partial charge is 0.164 e. The van der Waals surface area contributed by atoms with Crippen LogP contribution < -0.4 is 0 Å². The molecule has 7 aromatic heterocycles. The highest BCUT2D eigenvalue weighted by molar-refractivity contribution is 6.15. The largest absolute Gasteiger partial charge is 0.309 e. The third-order valence-corrected chi connectivity index (χ3v) is 17.2. The third-order valence-electron chi connectivity index (χ3n) is 17.2. The Morgan fingerprint density at radius 2 is 0.443 bits per heavy atom. The minimum absolute atomic E-state index is 0.549. The van der Waals surface area contributed by atoms with Gasteiger partial charge in [0.2, 0.25) is 0 Å². The van der Waals surface area contributed by atoms with Crippen molar-refractivity contribution in [3.05, 3.63) is 286 Å². The molecule has 18 aromatic rings. The number of aromatic nitrogens is 11. The van der Waals surface area contributed by atoms with Gasteiger partial charge in [-0.1, -0.05) is 164 Å². The number of hydrogen-bond acceptors (Lipinski definition) is 7. The van der Waals surface area contributed by atoms with Crippen LogP contribution in [0.3, 0.4) is 0 Å². The van der Waals surface area contributed by atoms with Crippen LogP contribution in [0.25, 0.3) is 167 Å². The van der Waals surface area contributed by atoms with Gasteiger partial charge in [0, 0.05) is 82.3 Å². The van der Waals surface area contributed by atoms with E-state index in [0.29, 0.717) is 29.1 Å². The minimum Gasteiger partial charge on any atom is -0.309 e. The van der Waals surface area contributed by atoms with E-state index in [2.05, 4.69) is 200 Å². The van der Waals surface area contributed by atoms with E-state index in [1.165, 1.54) is 21.5 Å². The van der Waals surface area contributed by atoms with Crippen LogP contribution in [-0.2, 0) is 0 Å². The summed E-state index contributed by atoms with van der Waals surface area (Å²) in [5.74, 6) is 3.00. The molecule has 0 N–H and O–H groups in total. The lowest BCUT2D eigenvalue weighted by Crippen LogP contribution is -2.01. The van der Waals surface area contributed by atoms with E-state index < -0.39 is 0 Å². The fourth-order valence-electron chi connectivity index (χ4n) is 13.2. The number of rotatable bonds is 9. The number of para-hydroxylation sites is 4. The van der Waals surface area contributed by atoms with Crippen molar-refractivity contribution in [2.45, 2.75) is 0 Å². The third kappa shape index (κ3) is 7.81. The van der Waals surface area contributed by atoms with Gasteiger partial charge in [0.15, 0.2) is 29.1 Å². The monoisotopic (exact) mass is 1130 g/mol. The fourth-order valence-corrected chi connectivity index (χ4v) is 13.2. The molecule has 0 saturated carbocycles. The van der Waals surface area contributed by atoms with Gasteiger partial charge in [-0.2, -0.15) is 0 Å². The highest BCUT2D eigenvalue weighted by Gasteiger charge is 2.23. The Kier molecular flexibility index (Phi) is 11.0. The van der Waals surface area contributed by atoms with E-state index in [1.807, 2.05) is 104 Å². The molecule has 410 valence electrons. The maximum absolute atomic E-state index is 5.45. The zero-order chi connectivity index (χ0) is 57.8. The predicted molar refractivity (Wildman–Crippen MR) is 356 cm³/mol. The zero-order valence-corrected chi connectivity index (χ0v) is 47.1. The summed E-state index contributed by atoms with van der Waals surface area (Å²) in [4.78, 5) is 35.8. The molecule has 0 amide bonds. The molecule has 0 unspecified atom stereocenters. The molecule has 0 spiro atoms. The molecule has 11 nitrogen and oxygen atoms in total. The van der Waals surface area contributed by atoms with Gasteiger partial charge in [0.1, 0.15) is 0 Å². The predicted octanol–water partition coefficient (Wildman–Crippen LogP) is 18.2. The van der Waals surface area contributed by atoms with Gasteiger partial charge >= 0.3 is 0 Å². The second-order valence-corrected chi connectivity index (χ2v) is 22.2. The van der Waals surface area contributed by atoms with Crippen LogP contribution in [0, 0.1) is 0 Å². The van der Waals surface area contributed by atoms with Crippen molar-refractivity contribution < 1.29 is 0 Å². The first-order valence-corrected chi connectivity index (χ1v) is 29.4. The highest BCUT2D eigenvalue weighted by atomic mass is 15.1. The number of nitrogens with zero attached hydrogens (tertiary/aromatic N) is 11. The first-order valence-electron chi connectivity index (χ1n) is 29.4. The van der Waals surface area contributed by atoms with Crippen molar-refractivity contribution in [1.29, 1.82) is 0 Å². The molecule has 18 rings (SSSR count). The SMILES string of the molecule is c1ccc(-c2ncc(-n3c4ccc(-c5nc(-c6ccccc6)nc(-c6ccc7c(c6)c6cc(-n8c9ccccc9c9ccccc98)ccc6n7-c6cnc(-c7ccccc7)nc6)n5)cc4c4cc(-n5c6ccccc6c6ccccc65)ccc43)cn2)cc1. The lowest BCUT2D eigenvalue weighted by molar-refractivity contribution is 1.07. The van der Waals surface area contributed by atoms with E-state index in [4.69, 9.17) is 34.9 Å². The Balaban J connectivity index is 0.835. The first-order chi connectivity index (χ1) is 43.6. The van der Waals surface area contributed by atoms with Gasteiger partial charge in [0.25, 0.3) is 0 Å². The lowest BCUT2D eigenvalue weighted by Gasteiger charge is -2.11. The second-order valence-electron chi connectivity index (χ2n) is 22.2. The highest BCUT2D eigenvalue weighted by Crippen LogP contribution is 2.42. The van der Waals surface area contributed by atoms with Gasteiger partial charge in [-0.3, -0.25) is 0 Å². The maximum Gasteiger partial charge on any atom is 0.164 e. The van der Waals surface area contributed by atoms with Gasteiger partial charge in [-0.25, -0.2) is 34.9 Å². The molecule has 0 fully saturated rings. The van der Waals surface area contributed by atoms with Crippen LogP contribution in [0.15, 0.2) is 286 Å². The van der Waals surface area contributed by atoms with Gasteiger partial charge in [0.05, 0.1) is 80.3 Å². The topological polar surface area (TPSA) is 110 Å². The summed E-state index contributed by atoms with van der Waals surface area (Å²) in [5, 5.41) is 8.99. The van der Waals surface area contributed by atoms with E-state index in [1.54, 1.807) is 0 Å². The number of benzene rings is 11. The number of fused-ring (bicyclic) bond motifs is 12. The summed E-state index contributed by atoms with van der Waals surface area (Å²) >= 11 is 0. The van der Waals surface area contributed by atoms with E-state index in [9.17, 15) is 0 Å². The summed E-state index contributed by atoms with van der Waals surface area (Å²) in [5.41, 5.74) is 16.9. The van der Waals surface area contributed by atoms with E-state index in [-0.39, 0.29) is 0 Å². The van der Waals surface area contributed by atoms with E-state index in [0.717, 1.165) is 116 Å². The Morgan fingerprint density at radius 1 is 0.182 bits per heavy atom. The zero-order valence-electron chi connectivity index (χ0n) is 47.1. The van der Waals surface area contributed by atoms with Crippen LogP contribution in [0.4, 0.5) is 0 Å². The summed E-state index contributed by atoms with van der Waals surface area (Å²) < 4.78 is 9.26. The molecule has 0 aliphatic carbocycles. The molecule has 0 radical (unpaired) electrons. The van der Waals surface area contributed by atoms with Crippen molar-refractivity contribution in [3.8, 4) is 79.7 Å². The Morgan fingerprint density at radius 3 is 0.795 bits per heavy atom. The molecular formula is C77H47N11. The quantitative estimate of drug-likeness (QED) is 0.142. The number of hydrogen-bond donors (Lipinski definition) is 0. The summed E-state index contributed by atoms with van der Waals surface area (Å²) in [6, 6.07) is 91.5. The van der Waals surface area contributed by atoms with Crippen LogP contribution in [0.1, 0.15) is 0 Å². The van der Waals surface area contributed by atoms with Gasteiger partial charge in [-0.15, -0.1) is 0 Å². The molecule has 0 bridgehead atoms. The molecule has 11 aromatic carbocycles. The molecule has 0 aliphatic rings. The van der Waals surface area contributed by atoms with Crippen LogP contribution in [0.2, 0.25) is 0 Å². The maximum atomic E-state index is 5.45. The standard InChI is InChI=1S/C77H47N11/c1-4-18-48(19-5-1)73-78-44-55(45-79-73)87-69-36-32-51(40-61(69)63-42-53(34-38-71(63)87)85-65-28-14-10-24-57(65)58-25-11-15-29-66(58)85)76-82-75(50-22-8-3-9-23-50)83-77(84-76)52-33-37-70-62(41-52)64-43-54(86-67-30-16-12-26-59(67)60-27-13-17-31-68(60)86)35-39-72(64)88(70)56-46-80-74(81-47-56)49-20-6-2-7-21-49/h1-47H. The second kappa shape index (κ2) is 19.7. The molecule has 0 saturated heterocycles. The van der Waals surface area contributed by atoms with E-state index >= 15 is 0 Å². The Hall–Kier alpha value is -12.2. The summed E-state index contributed by atoms with van der Waals surface area (Å²) in [7, 11) is 0. The van der Waals surface area contributed by atoms with Crippen molar-refractivity contribution in [2.24, 2.45) is 0 Å². The van der Waals surface area contributed by atoms with Crippen molar-refractivity contribution in [1.82, 2.24) is 53.2 Å². The van der Waals surface area contributed by atoms with Crippen LogP contribution >= 0.6 is 0 Å². The average molecular weight is 1130 g/mol. The normalized spacial score (nSPS) is 11.9. The molecule has 0 aliphatic heterocycles. The molecule has 11 heteroatoms. The first kappa shape index (κ1) is 49.2. The Bertz CT molecular complexity index is 5340. The Labute approximate surface area is 503 Å². The molecule has 88 heavy (non-hydrogen) atoms. The summed E-state index contributed by atoms with van der Waals surface area (Å²) in [6.45, 7) is 0. The van der Waals surface area contributed by atoms with Crippen molar-refractivity contribution in [3.63, 3.8) is 0 Å². The van der Waals surface area contributed by atoms with Gasteiger partial charge in [-0.05, 0) is 97.1 Å². The van der Waals surface area contributed by atoms with Crippen LogP contribution in [0.5, 0.6) is 0 Å². The average Bonchev–Trinajstić information content (AvgIpc) is 1.92. The lowest BCUT2D eigenvalue weighted by atomic mass is 10.1. The van der Waals surface area contributed by atoms with Crippen molar-refractivity contribution >= 4 is 87.2 Å². The minimum atomic E-state index is 0.549.